The SMILES string of the molecule is COc1cc(C)c(S(=O)(=O)Nc2cc(-c3ccccc3)nn2C)c(C)c1C. The molecule has 1 N–H and O–H groups in total. The molecule has 0 amide bonds. The van der Waals surface area contributed by atoms with Crippen molar-refractivity contribution < 1.29 is 13.2 Å². The van der Waals surface area contributed by atoms with Crippen LogP contribution in [0.4, 0.5) is 5.82 Å². The zero-order valence-electron chi connectivity index (χ0n) is 16.1. The number of nitrogens with one attached hydrogen (secondary N) is 1. The third-order valence-electron chi connectivity index (χ3n) is 4.66. The second-order valence-electron chi connectivity index (χ2n) is 6.48. The minimum Gasteiger partial charge on any atom is -0.496 e. The van der Waals surface area contributed by atoms with Gasteiger partial charge in [0.15, 0.2) is 0 Å². The van der Waals surface area contributed by atoms with Gasteiger partial charge in [-0.3, -0.25) is 9.40 Å². The normalized spacial score (nSPS) is 11.4. The number of aryl methyl sites for hydroxylation is 2. The van der Waals surface area contributed by atoms with Gasteiger partial charge < -0.3 is 4.74 Å². The maximum absolute atomic E-state index is 13.1. The molecular formula is C20H23N3O3S. The summed E-state index contributed by atoms with van der Waals surface area (Å²) < 4.78 is 35.7. The van der Waals surface area contributed by atoms with E-state index in [0.29, 0.717) is 28.4 Å². The van der Waals surface area contributed by atoms with Crippen LogP contribution < -0.4 is 9.46 Å². The fourth-order valence-electron chi connectivity index (χ4n) is 3.15. The lowest BCUT2D eigenvalue weighted by molar-refractivity contribution is 0.410. The van der Waals surface area contributed by atoms with E-state index < -0.39 is 10.0 Å². The fourth-order valence-corrected chi connectivity index (χ4v) is 4.76. The van der Waals surface area contributed by atoms with E-state index in [1.165, 1.54) is 4.68 Å². The molecule has 3 rings (SSSR count). The molecule has 0 fully saturated rings. The van der Waals surface area contributed by atoms with Crippen molar-refractivity contribution in [3.05, 3.63) is 59.2 Å². The first-order valence-electron chi connectivity index (χ1n) is 8.51. The number of hydrogen-bond acceptors (Lipinski definition) is 4. The van der Waals surface area contributed by atoms with Crippen molar-refractivity contribution in [1.82, 2.24) is 9.78 Å². The summed E-state index contributed by atoms with van der Waals surface area (Å²) in [6.45, 7) is 5.41. The molecule has 27 heavy (non-hydrogen) atoms. The second-order valence-corrected chi connectivity index (χ2v) is 8.10. The minimum atomic E-state index is -3.78. The number of benzene rings is 2. The third kappa shape index (κ3) is 3.55. The highest BCUT2D eigenvalue weighted by molar-refractivity contribution is 7.92. The zero-order chi connectivity index (χ0) is 19.8. The summed E-state index contributed by atoms with van der Waals surface area (Å²) in [6.07, 6.45) is 0. The maximum Gasteiger partial charge on any atom is 0.263 e. The Morgan fingerprint density at radius 3 is 2.33 bits per heavy atom. The summed E-state index contributed by atoms with van der Waals surface area (Å²) in [5, 5.41) is 4.42. The minimum absolute atomic E-state index is 0.267. The molecule has 0 aliphatic rings. The quantitative estimate of drug-likeness (QED) is 0.725. The number of aromatic nitrogens is 2. The summed E-state index contributed by atoms with van der Waals surface area (Å²) in [6, 6.07) is 13.1. The number of methoxy groups -OCH3 is 1. The number of anilines is 1. The largest absolute Gasteiger partial charge is 0.496 e. The van der Waals surface area contributed by atoms with Crippen molar-refractivity contribution in [2.24, 2.45) is 7.05 Å². The van der Waals surface area contributed by atoms with Crippen LogP contribution in [0.15, 0.2) is 47.4 Å². The van der Waals surface area contributed by atoms with E-state index in [1.807, 2.05) is 37.3 Å². The predicted molar refractivity (Wildman–Crippen MR) is 107 cm³/mol. The standard InChI is InChI=1S/C20H23N3O3S/c1-13-11-18(26-5)14(2)15(3)20(13)27(24,25)22-19-12-17(21-23(19)4)16-9-7-6-8-10-16/h6-12,22H,1-5H3. The van der Waals surface area contributed by atoms with Gasteiger partial charge in [-0.05, 0) is 43.5 Å². The number of ether oxygens (including phenoxy) is 1. The van der Waals surface area contributed by atoms with Gasteiger partial charge in [-0.1, -0.05) is 30.3 Å². The first-order valence-corrected chi connectivity index (χ1v) is 10.00. The smallest absolute Gasteiger partial charge is 0.263 e. The summed E-state index contributed by atoms with van der Waals surface area (Å²) >= 11 is 0. The Balaban J connectivity index is 2.02. The molecule has 1 aromatic heterocycles. The molecule has 0 unspecified atom stereocenters. The summed E-state index contributed by atoms with van der Waals surface area (Å²) in [5.41, 5.74) is 3.73. The Hall–Kier alpha value is -2.80. The van der Waals surface area contributed by atoms with Gasteiger partial charge in [-0.25, -0.2) is 8.42 Å². The van der Waals surface area contributed by atoms with E-state index in [-0.39, 0.29) is 4.90 Å². The van der Waals surface area contributed by atoms with Crippen LogP contribution in [0.25, 0.3) is 11.3 Å². The molecule has 0 spiro atoms. The number of hydrogen-bond donors (Lipinski definition) is 1. The van der Waals surface area contributed by atoms with Gasteiger partial charge >= 0.3 is 0 Å². The maximum atomic E-state index is 13.1. The first kappa shape index (κ1) is 19.0. The van der Waals surface area contributed by atoms with E-state index in [1.54, 1.807) is 40.1 Å². The van der Waals surface area contributed by atoms with Crippen molar-refractivity contribution in [2.75, 3.05) is 11.8 Å². The van der Waals surface area contributed by atoms with Gasteiger partial charge in [-0.2, -0.15) is 5.10 Å². The van der Waals surface area contributed by atoms with Crippen LogP contribution in [-0.4, -0.2) is 25.3 Å². The fraction of sp³-hybridized carbons (Fsp3) is 0.250. The van der Waals surface area contributed by atoms with E-state index in [4.69, 9.17) is 4.74 Å². The van der Waals surface area contributed by atoms with Crippen LogP contribution in [0.2, 0.25) is 0 Å². The van der Waals surface area contributed by atoms with Gasteiger partial charge in [0.25, 0.3) is 10.0 Å². The number of sulfonamides is 1. The second kappa shape index (κ2) is 7.08. The van der Waals surface area contributed by atoms with E-state index in [9.17, 15) is 8.42 Å². The summed E-state index contributed by atoms with van der Waals surface area (Å²) in [7, 11) is -0.491. The Labute approximate surface area is 159 Å². The number of nitrogens with zero attached hydrogens (tertiary/aromatic N) is 2. The van der Waals surface area contributed by atoms with Crippen molar-refractivity contribution in [1.29, 1.82) is 0 Å². The summed E-state index contributed by atoms with van der Waals surface area (Å²) in [5.74, 6) is 1.08. The molecule has 0 radical (unpaired) electrons. The molecule has 0 saturated carbocycles. The Morgan fingerprint density at radius 1 is 1.04 bits per heavy atom. The molecule has 0 atom stereocenters. The topological polar surface area (TPSA) is 73.2 Å². The van der Waals surface area contributed by atoms with E-state index >= 15 is 0 Å². The van der Waals surface area contributed by atoms with E-state index in [2.05, 4.69) is 9.82 Å². The number of rotatable bonds is 5. The molecule has 0 aliphatic carbocycles. The van der Waals surface area contributed by atoms with Gasteiger partial charge in [0.1, 0.15) is 11.6 Å². The van der Waals surface area contributed by atoms with Gasteiger partial charge in [0.05, 0.1) is 17.7 Å². The van der Waals surface area contributed by atoms with Gasteiger partial charge in [0, 0.05) is 18.7 Å². The average Bonchev–Trinajstić information content (AvgIpc) is 2.98. The molecular weight excluding hydrogens is 362 g/mol. The first-order chi connectivity index (χ1) is 12.7. The monoisotopic (exact) mass is 385 g/mol. The van der Waals surface area contributed by atoms with Crippen molar-refractivity contribution in [2.45, 2.75) is 25.7 Å². The Bertz CT molecular complexity index is 1090. The lowest BCUT2D eigenvalue weighted by atomic mass is 10.1. The average molecular weight is 385 g/mol. The van der Waals surface area contributed by atoms with Crippen LogP contribution in [0.5, 0.6) is 5.75 Å². The zero-order valence-corrected chi connectivity index (χ0v) is 16.9. The van der Waals surface area contributed by atoms with Gasteiger partial charge in [0.2, 0.25) is 0 Å². The van der Waals surface area contributed by atoms with Crippen molar-refractivity contribution >= 4 is 15.8 Å². The van der Waals surface area contributed by atoms with Crippen LogP contribution >= 0.6 is 0 Å². The highest BCUT2D eigenvalue weighted by Crippen LogP contribution is 2.32. The predicted octanol–water partition coefficient (Wildman–Crippen LogP) is 3.82. The van der Waals surface area contributed by atoms with Crippen LogP contribution in [-0.2, 0) is 17.1 Å². The summed E-state index contributed by atoms with van der Waals surface area (Å²) in [4.78, 5) is 0.267. The van der Waals surface area contributed by atoms with Crippen molar-refractivity contribution in [3.8, 4) is 17.0 Å². The molecule has 7 heteroatoms. The Morgan fingerprint density at radius 2 is 1.70 bits per heavy atom. The molecule has 1 heterocycles. The molecule has 6 nitrogen and oxygen atoms in total. The molecule has 142 valence electrons. The third-order valence-corrected chi connectivity index (χ3v) is 6.30. The van der Waals surface area contributed by atoms with Crippen molar-refractivity contribution in [3.63, 3.8) is 0 Å². The molecule has 0 bridgehead atoms. The highest BCUT2D eigenvalue weighted by Gasteiger charge is 2.24. The highest BCUT2D eigenvalue weighted by atomic mass is 32.2. The van der Waals surface area contributed by atoms with Crippen LogP contribution in [0.1, 0.15) is 16.7 Å². The molecule has 2 aromatic carbocycles. The van der Waals surface area contributed by atoms with Crippen LogP contribution in [0.3, 0.4) is 0 Å². The molecule has 3 aromatic rings. The lowest BCUT2D eigenvalue weighted by Crippen LogP contribution is -2.18. The van der Waals surface area contributed by atoms with Gasteiger partial charge in [-0.15, -0.1) is 0 Å². The van der Waals surface area contributed by atoms with Crippen LogP contribution in [0, 0.1) is 20.8 Å². The molecule has 0 aliphatic heterocycles. The molecule has 0 saturated heterocycles. The van der Waals surface area contributed by atoms with E-state index in [0.717, 1.165) is 11.1 Å². The lowest BCUT2D eigenvalue weighted by Gasteiger charge is -2.17. The Kier molecular flexibility index (Phi) is 4.97.